The van der Waals surface area contributed by atoms with Crippen molar-refractivity contribution in [3.63, 3.8) is 0 Å². The molecule has 1 aromatic heterocycles. The van der Waals surface area contributed by atoms with Gasteiger partial charge in [0.15, 0.2) is 0 Å². The fourth-order valence-electron chi connectivity index (χ4n) is 1.81. The van der Waals surface area contributed by atoms with Crippen LogP contribution in [-0.4, -0.2) is 16.6 Å². The summed E-state index contributed by atoms with van der Waals surface area (Å²) >= 11 is 0. The number of amides is 1. The number of rotatable bonds is 3. The third kappa shape index (κ3) is 4.31. The molecule has 1 aromatic carbocycles. The minimum Gasteiger partial charge on any atom is -0.398 e. The van der Waals surface area contributed by atoms with Gasteiger partial charge in [-0.05, 0) is 24.3 Å². The number of nitrogen functional groups attached to an aromatic ring is 1. The molecule has 116 valence electrons. The monoisotopic (exact) mass is 300 g/mol. The van der Waals surface area contributed by atoms with Crippen molar-refractivity contribution in [1.29, 1.82) is 5.41 Å². The quantitative estimate of drug-likeness (QED) is 0.515. The molecule has 5 N–H and O–H groups in total. The Morgan fingerprint density at radius 3 is 2.50 bits per heavy atom. The van der Waals surface area contributed by atoms with Crippen LogP contribution in [0.2, 0.25) is 0 Å². The molecule has 1 amide bonds. The van der Waals surface area contributed by atoms with Gasteiger partial charge in [0.2, 0.25) is 11.5 Å². The average Bonchev–Trinajstić information content (AvgIpc) is 2.50. The summed E-state index contributed by atoms with van der Waals surface area (Å²) in [5.74, 6) is -0.205. The molecule has 2 aromatic rings. The van der Waals surface area contributed by atoms with Crippen LogP contribution in [0.4, 0.5) is 11.4 Å². The van der Waals surface area contributed by atoms with Gasteiger partial charge in [0, 0.05) is 41.7 Å². The number of pyridine rings is 1. The van der Waals surface area contributed by atoms with Crippen LogP contribution in [0.25, 0.3) is 0 Å². The van der Waals surface area contributed by atoms with Gasteiger partial charge in [0.1, 0.15) is 0 Å². The van der Waals surface area contributed by atoms with E-state index < -0.39 is 0 Å². The molecule has 6 heteroatoms. The van der Waals surface area contributed by atoms with Crippen molar-refractivity contribution >= 4 is 23.0 Å². The molecular formula is C16H20N4O2. The third-order valence-corrected chi connectivity index (χ3v) is 2.71. The minimum absolute atomic E-state index is 0.126. The van der Waals surface area contributed by atoms with E-state index >= 15 is 0 Å². The van der Waals surface area contributed by atoms with Crippen LogP contribution in [-0.2, 0) is 4.79 Å². The van der Waals surface area contributed by atoms with Gasteiger partial charge in [-0.1, -0.05) is 13.8 Å². The predicted octanol–water partition coefficient (Wildman–Crippen LogP) is 2.36. The lowest BCUT2D eigenvalue weighted by Crippen LogP contribution is -2.12. The van der Waals surface area contributed by atoms with Crippen LogP contribution in [0.1, 0.15) is 31.9 Å². The van der Waals surface area contributed by atoms with Crippen LogP contribution >= 0.6 is 0 Å². The SMILES string of the molecule is CC.CC(=O)Nc1ccc(N)c(C(=N)c2cc[nH]c(=O)c2)c1. The lowest BCUT2D eigenvalue weighted by Gasteiger charge is -2.10. The summed E-state index contributed by atoms with van der Waals surface area (Å²) in [5.41, 5.74) is 7.57. The summed E-state index contributed by atoms with van der Waals surface area (Å²) in [6.45, 7) is 5.40. The summed E-state index contributed by atoms with van der Waals surface area (Å²) in [6.07, 6.45) is 1.47. The second-order valence-corrected chi connectivity index (χ2v) is 4.30. The molecule has 2 rings (SSSR count). The minimum atomic E-state index is -0.288. The lowest BCUT2D eigenvalue weighted by molar-refractivity contribution is -0.114. The molecule has 0 saturated carbocycles. The van der Waals surface area contributed by atoms with Crippen molar-refractivity contribution in [2.24, 2.45) is 0 Å². The number of carbonyl (C=O) groups is 1. The average molecular weight is 300 g/mol. The van der Waals surface area contributed by atoms with E-state index in [2.05, 4.69) is 10.3 Å². The number of nitrogens with one attached hydrogen (secondary N) is 3. The van der Waals surface area contributed by atoms with Gasteiger partial charge >= 0.3 is 0 Å². The molecule has 0 saturated heterocycles. The first-order valence-corrected chi connectivity index (χ1v) is 6.92. The van der Waals surface area contributed by atoms with Crippen LogP contribution < -0.4 is 16.6 Å². The van der Waals surface area contributed by atoms with Gasteiger partial charge in [-0.3, -0.25) is 15.0 Å². The highest BCUT2D eigenvalue weighted by Crippen LogP contribution is 2.20. The van der Waals surface area contributed by atoms with E-state index in [4.69, 9.17) is 11.1 Å². The predicted molar refractivity (Wildman–Crippen MR) is 89.5 cm³/mol. The number of aromatic amines is 1. The highest BCUT2D eigenvalue weighted by Gasteiger charge is 2.10. The number of aromatic nitrogens is 1. The number of carbonyl (C=O) groups excluding carboxylic acids is 1. The highest BCUT2D eigenvalue weighted by molar-refractivity contribution is 6.14. The summed E-state index contributed by atoms with van der Waals surface area (Å²) in [5, 5.41) is 10.8. The number of benzene rings is 1. The lowest BCUT2D eigenvalue weighted by atomic mass is 10.0. The second-order valence-electron chi connectivity index (χ2n) is 4.30. The Kier molecular flexibility index (Phi) is 6.07. The maximum Gasteiger partial charge on any atom is 0.248 e. The topological polar surface area (TPSA) is 112 Å². The maximum absolute atomic E-state index is 11.3. The van der Waals surface area contributed by atoms with Crippen molar-refractivity contribution in [1.82, 2.24) is 4.98 Å². The van der Waals surface area contributed by atoms with E-state index in [9.17, 15) is 9.59 Å². The summed E-state index contributed by atoms with van der Waals surface area (Å²) < 4.78 is 0. The van der Waals surface area contributed by atoms with Crippen LogP contribution in [0.3, 0.4) is 0 Å². The maximum atomic E-state index is 11.3. The number of hydrogen-bond donors (Lipinski definition) is 4. The first kappa shape index (κ1) is 17.2. The van der Waals surface area contributed by atoms with Crippen LogP contribution in [0.5, 0.6) is 0 Å². The van der Waals surface area contributed by atoms with E-state index in [1.165, 1.54) is 19.2 Å². The van der Waals surface area contributed by atoms with Crippen molar-refractivity contribution in [2.75, 3.05) is 11.1 Å². The Balaban J connectivity index is 0.00000116. The molecule has 0 fully saturated rings. The molecular weight excluding hydrogens is 280 g/mol. The zero-order chi connectivity index (χ0) is 16.7. The Labute approximate surface area is 128 Å². The fraction of sp³-hybridized carbons (Fsp3) is 0.188. The fourth-order valence-corrected chi connectivity index (χ4v) is 1.81. The van der Waals surface area contributed by atoms with Gasteiger partial charge in [-0.25, -0.2) is 0 Å². The molecule has 0 bridgehead atoms. The second kappa shape index (κ2) is 7.78. The van der Waals surface area contributed by atoms with Crippen molar-refractivity contribution in [3.8, 4) is 0 Å². The molecule has 0 radical (unpaired) electrons. The van der Waals surface area contributed by atoms with Crippen molar-refractivity contribution < 1.29 is 4.79 Å². The Morgan fingerprint density at radius 1 is 1.23 bits per heavy atom. The summed E-state index contributed by atoms with van der Waals surface area (Å²) in [7, 11) is 0. The van der Waals surface area contributed by atoms with Crippen molar-refractivity contribution in [2.45, 2.75) is 20.8 Å². The first-order chi connectivity index (χ1) is 10.5. The largest absolute Gasteiger partial charge is 0.398 e. The van der Waals surface area contributed by atoms with Gasteiger partial charge < -0.3 is 16.0 Å². The first-order valence-electron chi connectivity index (χ1n) is 6.92. The van der Waals surface area contributed by atoms with Gasteiger partial charge in [0.05, 0.1) is 5.71 Å². The normalized spacial score (nSPS) is 9.41. The molecule has 0 spiro atoms. The molecule has 0 aliphatic heterocycles. The van der Waals surface area contributed by atoms with Crippen LogP contribution in [0, 0.1) is 5.41 Å². The van der Waals surface area contributed by atoms with E-state index in [-0.39, 0.29) is 17.2 Å². The number of H-pyrrole nitrogens is 1. The molecule has 0 atom stereocenters. The summed E-state index contributed by atoms with van der Waals surface area (Å²) in [4.78, 5) is 24.8. The number of hydrogen-bond acceptors (Lipinski definition) is 4. The molecule has 0 aliphatic carbocycles. The van der Waals surface area contributed by atoms with Gasteiger partial charge in [-0.15, -0.1) is 0 Å². The molecule has 6 nitrogen and oxygen atoms in total. The van der Waals surface area contributed by atoms with Gasteiger partial charge in [-0.2, -0.15) is 0 Å². The van der Waals surface area contributed by atoms with E-state index in [0.29, 0.717) is 22.5 Å². The van der Waals surface area contributed by atoms with Crippen LogP contribution in [0.15, 0.2) is 41.3 Å². The third-order valence-electron chi connectivity index (χ3n) is 2.71. The van der Waals surface area contributed by atoms with E-state index in [1.807, 2.05) is 13.8 Å². The van der Waals surface area contributed by atoms with E-state index in [1.54, 1.807) is 24.3 Å². The molecule has 1 heterocycles. The zero-order valence-corrected chi connectivity index (χ0v) is 12.9. The Bertz CT molecular complexity index is 735. The summed E-state index contributed by atoms with van der Waals surface area (Å²) in [6, 6.07) is 7.83. The standard InChI is InChI=1S/C14H14N4O2.C2H6/c1-8(19)18-10-2-3-12(15)11(7-10)14(16)9-4-5-17-13(20)6-9;1-2/h2-7,16H,15H2,1H3,(H,17,20)(H,18,19);1-2H3. The van der Waals surface area contributed by atoms with Gasteiger partial charge in [0.25, 0.3) is 0 Å². The Morgan fingerprint density at radius 2 is 1.91 bits per heavy atom. The van der Waals surface area contributed by atoms with Crippen molar-refractivity contribution in [3.05, 3.63) is 58.0 Å². The highest BCUT2D eigenvalue weighted by atomic mass is 16.1. The number of anilines is 2. The molecule has 0 unspecified atom stereocenters. The van der Waals surface area contributed by atoms with E-state index in [0.717, 1.165) is 0 Å². The smallest absolute Gasteiger partial charge is 0.248 e. The zero-order valence-electron chi connectivity index (χ0n) is 12.9. The molecule has 22 heavy (non-hydrogen) atoms. The Hall–Kier alpha value is -2.89. The molecule has 0 aliphatic rings. The number of nitrogens with two attached hydrogens (primary N) is 1.